The lowest BCUT2D eigenvalue weighted by molar-refractivity contribution is -0.147. The summed E-state index contributed by atoms with van der Waals surface area (Å²) in [4.78, 5) is 26.3. The summed E-state index contributed by atoms with van der Waals surface area (Å²) in [6, 6.07) is 9.68. The van der Waals surface area contributed by atoms with Gasteiger partial charge in [0.25, 0.3) is 5.91 Å². The second-order valence-electron chi connectivity index (χ2n) is 6.65. The number of carbonyl (C=O) groups is 2. The Bertz CT molecular complexity index is 1090. The molecule has 10 heteroatoms. The molecule has 32 heavy (non-hydrogen) atoms. The molecule has 3 rings (SSSR count). The van der Waals surface area contributed by atoms with Gasteiger partial charge < -0.3 is 14.2 Å². The van der Waals surface area contributed by atoms with E-state index in [-0.39, 0.29) is 12.5 Å². The average molecular weight is 512 g/mol. The number of thioether (sulfide) groups is 1. The van der Waals surface area contributed by atoms with Crippen LogP contribution in [-0.2, 0) is 20.9 Å². The first-order chi connectivity index (χ1) is 15.3. The van der Waals surface area contributed by atoms with Crippen molar-refractivity contribution < 1.29 is 23.8 Å². The number of rotatable bonds is 7. The van der Waals surface area contributed by atoms with Crippen LogP contribution in [0, 0.1) is 0 Å². The van der Waals surface area contributed by atoms with Crippen LogP contribution < -0.4 is 9.47 Å². The molecule has 1 atom stereocenters. The fourth-order valence-corrected chi connectivity index (χ4v) is 4.88. The molecule has 0 spiro atoms. The van der Waals surface area contributed by atoms with E-state index >= 15 is 0 Å². The predicted molar refractivity (Wildman–Crippen MR) is 130 cm³/mol. The number of benzene rings is 2. The van der Waals surface area contributed by atoms with Crippen molar-refractivity contribution in [3.63, 3.8) is 0 Å². The highest BCUT2D eigenvalue weighted by molar-refractivity contribution is 8.26. The molecule has 168 valence electrons. The van der Waals surface area contributed by atoms with Gasteiger partial charge in [-0.05, 0) is 42.8 Å². The Morgan fingerprint density at radius 3 is 2.50 bits per heavy atom. The second kappa shape index (κ2) is 10.6. The molecule has 0 N–H and O–H groups in total. The van der Waals surface area contributed by atoms with Crippen molar-refractivity contribution in [3.05, 3.63) is 62.5 Å². The van der Waals surface area contributed by atoms with Crippen molar-refractivity contribution in [1.29, 1.82) is 0 Å². The van der Waals surface area contributed by atoms with E-state index in [0.29, 0.717) is 41.9 Å². The molecular weight excluding hydrogens is 493 g/mol. The Hall–Kier alpha value is -2.26. The van der Waals surface area contributed by atoms with E-state index < -0.39 is 12.0 Å². The van der Waals surface area contributed by atoms with Crippen molar-refractivity contribution in [2.24, 2.45) is 0 Å². The highest BCUT2D eigenvalue weighted by atomic mass is 35.5. The van der Waals surface area contributed by atoms with E-state index in [1.807, 2.05) is 0 Å². The molecule has 6 nitrogen and oxygen atoms in total. The Balaban J connectivity index is 1.80. The van der Waals surface area contributed by atoms with Crippen LogP contribution in [0.25, 0.3) is 6.08 Å². The van der Waals surface area contributed by atoms with E-state index in [2.05, 4.69) is 0 Å². The molecule has 1 fully saturated rings. The van der Waals surface area contributed by atoms with Gasteiger partial charge in [-0.3, -0.25) is 9.69 Å². The number of thiocarbonyl (C=S) groups is 1. The number of esters is 1. The molecular formula is C22H19Cl2NO5S2. The molecule has 2 aromatic rings. The molecule has 0 bridgehead atoms. The zero-order valence-corrected chi connectivity index (χ0v) is 20.5. The van der Waals surface area contributed by atoms with Crippen LogP contribution in [0.1, 0.15) is 18.1 Å². The number of ether oxygens (including phenoxy) is 3. The molecule has 0 aromatic heterocycles. The maximum absolute atomic E-state index is 12.8. The number of halogens is 2. The lowest BCUT2D eigenvalue weighted by Gasteiger charge is -2.20. The fraction of sp³-hybridized carbons (Fsp3) is 0.227. The summed E-state index contributed by atoms with van der Waals surface area (Å²) in [5.41, 5.74) is 1.38. The van der Waals surface area contributed by atoms with Gasteiger partial charge in [0.2, 0.25) is 0 Å². The molecule has 1 heterocycles. The van der Waals surface area contributed by atoms with Gasteiger partial charge in [0.1, 0.15) is 17.0 Å². The Morgan fingerprint density at radius 2 is 1.88 bits per heavy atom. The minimum atomic E-state index is -0.805. The summed E-state index contributed by atoms with van der Waals surface area (Å²) >= 11 is 18.8. The van der Waals surface area contributed by atoms with Crippen LogP contribution in [-0.4, -0.2) is 41.4 Å². The Kier molecular flexibility index (Phi) is 8.05. The first kappa shape index (κ1) is 24.4. The molecule has 2 aromatic carbocycles. The van der Waals surface area contributed by atoms with Gasteiger partial charge in [0, 0.05) is 15.6 Å². The quantitative estimate of drug-likeness (QED) is 0.282. The number of carbonyl (C=O) groups excluding carboxylic acids is 2. The summed E-state index contributed by atoms with van der Waals surface area (Å²) in [6.45, 7) is 1.73. The van der Waals surface area contributed by atoms with Crippen molar-refractivity contribution in [2.75, 3.05) is 14.2 Å². The molecule has 1 saturated heterocycles. The van der Waals surface area contributed by atoms with E-state index in [0.717, 1.165) is 11.8 Å². The Morgan fingerprint density at radius 1 is 1.19 bits per heavy atom. The minimum Gasteiger partial charge on any atom is -0.493 e. The van der Waals surface area contributed by atoms with Crippen LogP contribution in [0.5, 0.6) is 11.5 Å². The molecule has 0 saturated carbocycles. The number of nitrogens with zero attached hydrogens (tertiary/aromatic N) is 1. The average Bonchev–Trinajstić information content (AvgIpc) is 3.05. The first-order valence-electron chi connectivity index (χ1n) is 9.35. The highest BCUT2D eigenvalue weighted by Crippen LogP contribution is 2.36. The predicted octanol–water partition coefficient (Wildman–Crippen LogP) is 5.34. The Labute approximate surface area is 205 Å². The van der Waals surface area contributed by atoms with Crippen LogP contribution in [0.3, 0.4) is 0 Å². The van der Waals surface area contributed by atoms with Crippen LogP contribution in [0.2, 0.25) is 10.0 Å². The maximum atomic E-state index is 12.8. The van der Waals surface area contributed by atoms with Crippen LogP contribution >= 0.6 is 47.2 Å². The summed E-state index contributed by atoms with van der Waals surface area (Å²) in [6.07, 6.45) is 1.68. The second-order valence-corrected chi connectivity index (χ2v) is 9.14. The van der Waals surface area contributed by atoms with Crippen molar-refractivity contribution in [2.45, 2.75) is 19.6 Å². The minimum absolute atomic E-state index is 0.165. The summed E-state index contributed by atoms with van der Waals surface area (Å²) < 4.78 is 16.3. The molecule has 0 radical (unpaired) electrons. The monoisotopic (exact) mass is 511 g/mol. The zero-order valence-electron chi connectivity index (χ0n) is 17.4. The van der Waals surface area contributed by atoms with Crippen molar-refractivity contribution in [1.82, 2.24) is 4.90 Å². The number of methoxy groups -OCH3 is 2. The molecule has 1 unspecified atom stereocenters. The number of hydrogen-bond donors (Lipinski definition) is 0. The van der Waals surface area contributed by atoms with Gasteiger partial charge in [-0.1, -0.05) is 59.3 Å². The molecule has 1 aliphatic heterocycles. The standard InChI is InChI=1S/C22H19Cl2NO5S2/c1-12(21(27)29-3)25-20(26)19(32-22(25)31)10-13-7-8-17(18(9-13)28-2)30-11-14-15(23)5-4-6-16(14)24/h4-10,12H,11H2,1-3H3/b19-10-. The van der Waals surface area contributed by atoms with Gasteiger partial charge in [-0.15, -0.1) is 0 Å². The smallest absolute Gasteiger partial charge is 0.328 e. The van der Waals surface area contributed by atoms with Gasteiger partial charge in [-0.25, -0.2) is 4.79 Å². The third kappa shape index (κ3) is 5.20. The lowest BCUT2D eigenvalue weighted by Crippen LogP contribution is -2.42. The summed E-state index contributed by atoms with van der Waals surface area (Å²) in [7, 11) is 2.79. The summed E-state index contributed by atoms with van der Waals surface area (Å²) in [5.74, 6) is 0.0720. The van der Waals surface area contributed by atoms with E-state index in [1.54, 1.807) is 49.4 Å². The highest BCUT2D eigenvalue weighted by Gasteiger charge is 2.38. The van der Waals surface area contributed by atoms with Gasteiger partial charge in [0.15, 0.2) is 11.5 Å². The molecule has 1 amide bonds. The third-order valence-electron chi connectivity index (χ3n) is 4.67. The number of amides is 1. The normalized spacial score (nSPS) is 15.8. The van der Waals surface area contributed by atoms with Gasteiger partial charge in [0.05, 0.1) is 19.1 Å². The van der Waals surface area contributed by atoms with Crippen LogP contribution in [0.4, 0.5) is 0 Å². The largest absolute Gasteiger partial charge is 0.493 e. The topological polar surface area (TPSA) is 65.1 Å². The first-order valence-corrected chi connectivity index (χ1v) is 11.3. The van der Waals surface area contributed by atoms with E-state index in [9.17, 15) is 9.59 Å². The van der Waals surface area contributed by atoms with Gasteiger partial charge >= 0.3 is 5.97 Å². The maximum Gasteiger partial charge on any atom is 0.328 e. The van der Waals surface area contributed by atoms with Crippen molar-refractivity contribution in [3.8, 4) is 11.5 Å². The SMILES string of the molecule is COC(=O)C(C)N1C(=O)/C(=C/c2ccc(OCc3c(Cl)cccc3Cl)c(OC)c2)SC1=S. The number of hydrogen-bond acceptors (Lipinski definition) is 7. The third-order valence-corrected chi connectivity index (χ3v) is 6.71. The molecule has 0 aliphatic carbocycles. The zero-order chi connectivity index (χ0) is 23.4. The molecule has 1 aliphatic rings. The van der Waals surface area contributed by atoms with Crippen LogP contribution in [0.15, 0.2) is 41.3 Å². The summed E-state index contributed by atoms with van der Waals surface area (Å²) in [5, 5.41) is 1.02. The fourth-order valence-electron chi connectivity index (χ4n) is 2.95. The van der Waals surface area contributed by atoms with E-state index in [1.165, 1.54) is 19.1 Å². The van der Waals surface area contributed by atoms with Crippen molar-refractivity contribution >= 4 is 69.5 Å². The van der Waals surface area contributed by atoms with E-state index in [4.69, 9.17) is 49.6 Å². The lowest BCUT2D eigenvalue weighted by atomic mass is 10.1. The van der Waals surface area contributed by atoms with Gasteiger partial charge in [-0.2, -0.15) is 0 Å².